The van der Waals surface area contributed by atoms with Crippen molar-refractivity contribution in [2.75, 3.05) is 37.8 Å². The number of benzene rings is 1. The van der Waals surface area contributed by atoms with Gasteiger partial charge in [0.05, 0.1) is 18.3 Å². The van der Waals surface area contributed by atoms with Gasteiger partial charge in [-0.15, -0.1) is 11.8 Å². The molecule has 1 aliphatic heterocycles. The number of carbonyl (C=O) groups is 1. The number of para-hydroxylation sites is 1. The summed E-state index contributed by atoms with van der Waals surface area (Å²) in [6.45, 7) is 2.40. The molecule has 0 aromatic heterocycles. The van der Waals surface area contributed by atoms with E-state index < -0.39 is 0 Å². The summed E-state index contributed by atoms with van der Waals surface area (Å²) in [4.78, 5) is 15.1. The zero-order valence-corrected chi connectivity index (χ0v) is 12.2. The Bertz CT molecular complexity index is 514. The minimum absolute atomic E-state index is 0.0753. The first kappa shape index (κ1) is 14.9. The molecule has 1 amide bonds. The van der Waals surface area contributed by atoms with Gasteiger partial charge in [0.2, 0.25) is 5.91 Å². The molecule has 1 aromatic rings. The Morgan fingerprint density at radius 3 is 3.15 bits per heavy atom. The van der Waals surface area contributed by atoms with Crippen LogP contribution in [0.15, 0.2) is 29.2 Å². The van der Waals surface area contributed by atoms with Gasteiger partial charge in [0.1, 0.15) is 6.04 Å². The Labute approximate surface area is 123 Å². The Hall–Kier alpha value is -1.55. The van der Waals surface area contributed by atoms with Crippen molar-refractivity contribution in [2.24, 2.45) is 0 Å². The predicted octanol–water partition coefficient (Wildman–Crippen LogP) is 1.14. The summed E-state index contributed by atoms with van der Waals surface area (Å²) < 4.78 is 0. The fourth-order valence-electron chi connectivity index (χ4n) is 2.19. The average Bonchev–Trinajstić information content (AvgIpc) is 2.48. The van der Waals surface area contributed by atoms with Crippen molar-refractivity contribution in [3.63, 3.8) is 0 Å². The molecule has 2 rings (SSSR count). The van der Waals surface area contributed by atoms with E-state index in [9.17, 15) is 4.79 Å². The fourth-order valence-corrected chi connectivity index (χ4v) is 2.74. The highest BCUT2D eigenvalue weighted by atomic mass is 32.2. The van der Waals surface area contributed by atoms with Gasteiger partial charge in [0, 0.05) is 24.5 Å². The van der Waals surface area contributed by atoms with Crippen molar-refractivity contribution in [1.29, 1.82) is 5.26 Å². The lowest BCUT2D eigenvalue weighted by Gasteiger charge is -2.31. The Morgan fingerprint density at radius 2 is 2.40 bits per heavy atom. The first-order valence-electron chi connectivity index (χ1n) is 6.52. The highest BCUT2D eigenvalue weighted by Gasteiger charge is 2.23. The first-order chi connectivity index (χ1) is 9.74. The Morgan fingerprint density at radius 1 is 1.60 bits per heavy atom. The molecule has 1 saturated heterocycles. The van der Waals surface area contributed by atoms with Crippen LogP contribution in [0.25, 0.3) is 0 Å². The summed E-state index contributed by atoms with van der Waals surface area (Å²) >= 11 is 1.60. The smallest absolute Gasteiger partial charge is 0.238 e. The highest BCUT2D eigenvalue weighted by molar-refractivity contribution is 7.98. The van der Waals surface area contributed by atoms with Crippen LogP contribution in [0.3, 0.4) is 0 Å². The number of nitrogens with zero attached hydrogens (tertiary/aromatic N) is 2. The SMILES string of the molecule is CSc1ccccc1NC(=O)CN1CCNCC1C#N. The topological polar surface area (TPSA) is 68.2 Å². The number of thioether (sulfide) groups is 1. The summed E-state index contributed by atoms with van der Waals surface area (Å²) in [6.07, 6.45) is 1.98. The van der Waals surface area contributed by atoms with Crippen molar-refractivity contribution < 1.29 is 4.79 Å². The van der Waals surface area contributed by atoms with E-state index >= 15 is 0 Å². The number of rotatable bonds is 4. The monoisotopic (exact) mass is 290 g/mol. The van der Waals surface area contributed by atoms with Crippen molar-refractivity contribution in [3.05, 3.63) is 24.3 Å². The van der Waals surface area contributed by atoms with E-state index in [4.69, 9.17) is 5.26 Å². The number of amides is 1. The number of hydrogen-bond donors (Lipinski definition) is 2. The van der Waals surface area contributed by atoms with Crippen LogP contribution in [0, 0.1) is 11.3 Å². The van der Waals surface area contributed by atoms with Crippen molar-refractivity contribution in [3.8, 4) is 6.07 Å². The molecule has 0 bridgehead atoms. The number of piperazine rings is 1. The predicted molar refractivity (Wildman–Crippen MR) is 80.7 cm³/mol. The maximum atomic E-state index is 12.1. The van der Waals surface area contributed by atoms with Crippen LogP contribution in [0.4, 0.5) is 5.69 Å². The van der Waals surface area contributed by atoms with Gasteiger partial charge in [-0.2, -0.15) is 5.26 Å². The second-order valence-corrected chi connectivity index (χ2v) is 5.42. The van der Waals surface area contributed by atoms with Crippen LogP contribution in [0.1, 0.15) is 0 Å². The molecule has 0 saturated carbocycles. The molecular weight excluding hydrogens is 272 g/mol. The molecule has 0 spiro atoms. The number of nitrogens with one attached hydrogen (secondary N) is 2. The van der Waals surface area contributed by atoms with Gasteiger partial charge in [-0.3, -0.25) is 9.69 Å². The molecule has 0 aliphatic carbocycles. The van der Waals surface area contributed by atoms with Gasteiger partial charge in [0.25, 0.3) is 0 Å². The largest absolute Gasteiger partial charge is 0.324 e. The number of hydrogen-bond acceptors (Lipinski definition) is 5. The van der Waals surface area contributed by atoms with E-state index in [0.29, 0.717) is 6.54 Å². The van der Waals surface area contributed by atoms with Crippen molar-refractivity contribution in [1.82, 2.24) is 10.2 Å². The van der Waals surface area contributed by atoms with E-state index in [1.54, 1.807) is 11.8 Å². The number of anilines is 1. The minimum atomic E-state index is -0.231. The normalized spacial score (nSPS) is 19.3. The van der Waals surface area contributed by atoms with Gasteiger partial charge in [-0.1, -0.05) is 12.1 Å². The van der Waals surface area contributed by atoms with E-state index in [-0.39, 0.29) is 18.5 Å². The van der Waals surface area contributed by atoms with Crippen LogP contribution in [-0.2, 0) is 4.79 Å². The molecule has 20 heavy (non-hydrogen) atoms. The molecule has 1 atom stereocenters. The number of carbonyl (C=O) groups excluding carboxylic acids is 1. The lowest BCUT2D eigenvalue weighted by atomic mass is 10.2. The van der Waals surface area contributed by atoms with E-state index in [1.165, 1.54) is 0 Å². The minimum Gasteiger partial charge on any atom is -0.324 e. The van der Waals surface area contributed by atoms with Crippen molar-refractivity contribution >= 4 is 23.4 Å². The van der Waals surface area contributed by atoms with Gasteiger partial charge in [0.15, 0.2) is 0 Å². The maximum absolute atomic E-state index is 12.1. The summed E-state index contributed by atoms with van der Waals surface area (Å²) in [7, 11) is 0. The second kappa shape index (κ2) is 7.29. The van der Waals surface area contributed by atoms with Crippen LogP contribution >= 0.6 is 11.8 Å². The quantitative estimate of drug-likeness (QED) is 0.814. The van der Waals surface area contributed by atoms with E-state index in [1.807, 2.05) is 35.4 Å². The Kier molecular flexibility index (Phi) is 5.41. The van der Waals surface area contributed by atoms with Gasteiger partial charge in [-0.05, 0) is 18.4 Å². The maximum Gasteiger partial charge on any atom is 0.238 e. The molecule has 6 heteroatoms. The zero-order chi connectivity index (χ0) is 14.4. The van der Waals surface area contributed by atoms with Gasteiger partial charge >= 0.3 is 0 Å². The molecule has 1 aromatic carbocycles. The van der Waals surface area contributed by atoms with Gasteiger partial charge < -0.3 is 10.6 Å². The third-order valence-corrected chi connectivity index (χ3v) is 4.03. The lowest BCUT2D eigenvalue weighted by molar-refractivity contribution is -0.117. The molecule has 5 nitrogen and oxygen atoms in total. The summed E-state index contributed by atoms with van der Waals surface area (Å²) in [5.74, 6) is -0.0753. The van der Waals surface area contributed by atoms with E-state index in [0.717, 1.165) is 23.7 Å². The second-order valence-electron chi connectivity index (χ2n) is 4.57. The molecule has 1 aliphatic rings. The average molecular weight is 290 g/mol. The molecule has 1 fully saturated rings. The first-order valence-corrected chi connectivity index (χ1v) is 7.74. The third kappa shape index (κ3) is 3.73. The summed E-state index contributed by atoms with van der Waals surface area (Å²) in [5.41, 5.74) is 0.827. The van der Waals surface area contributed by atoms with Gasteiger partial charge in [-0.25, -0.2) is 0 Å². The van der Waals surface area contributed by atoms with Crippen LogP contribution in [0.2, 0.25) is 0 Å². The molecule has 106 valence electrons. The fraction of sp³-hybridized carbons (Fsp3) is 0.429. The van der Waals surface area contributed by atoms with Crippen LogP contribution < -0.4 is 10.6 Å². The highest BCUT2D eigenvalue weighted by Crippen LogP contribution is 2.24. The standard InChI is InChI=1S/C14H18N4OS/c1-20-13-5-3-2-4-12(13)17-14(19)10-18-7-6-16-9-11(18)8-15/h2-5,11,16H,6-7,9-10H2,1H3,(H,17,19). The lowest BCUT2D eigenvalue weighted by Crippen LogP contribution is -2.52. The molecule has 2 N–H and O–H groups in total. The zero-order valence-electron chi connectivity index (χ0n) is 11.4. The van der Waals surface area contributed by atoms with E-state index in [2.05, 4.69) is 16.7 Å². The number of nitriles is 1. The summed E-state index contributed by atoms with van der Waals surface area (Å²) in [6, 6.07) is 9.71. The van der Waals surface area contributed by atoms with Crippen LogP contribution in [-0.4, -0.2) is 49.3 Å². The molecule has 0 radical (unpaired) electrons. The van der Waals surface area contributed by atoms with Crippen LogP contribution in [0.5, 0.6) is 0 Å². The third-order valence-electron chi connectivity index (χ3n) is 3.23. The van der Waals surface area contributed by atoms with Crippen molar-refractivity contribution in [2.45, 2.75) is 10.9 Å². The summed E-state index contributed by atoms with van der Waals surface area (Å²) in [5, 5.41) is 15.2. The molecular formula is C14H18N4OS. The Balaban J connectivity index is 1.96. The molecule has 1 heterocycles. The molecule has 1 unspecified atom stereocenters.